The van der Waals surface area contributed by atoms with Gasteiger partial charge in [0.15, 0.2) is 0 Å². The van der Waals surface area contributed by atoms with Crippen molar-refractivity contribution < 1.29 is 9.18 Å². The van der Waals surface area contributed by atoms with Gasteiger partial charge in [-0.1, -0.05) is 17.3 Å². The Morgan fingerprint density at radius 2 is 1.69 bits per heavy atom. The van der Waals surface area contributed by atoms with E-state index in [0.717, 1.165) is 33.8 Å². The number of nitrogens with zero attached hydrogens (tertiary/aromatic N) is 3. The van der Waals surface area contributed by atoms with Crippen LogP contribution in [-0.2, 0) is 0 Å². The largest absolute Gasteiger partial charge is 0.322 e. The molecule has 29 heavy (non-hydrogen) atoms. The summed E-state index contributed by atoms with van der Waals surface area (Å²) in [6.45, 7) is 3.99. The standard InChI is InChI=1S/C23H19FN4O/c1-15-4-3-5-21(16(15)2)26-23(29)18-8-12-20(13-9-18)28-22(14-25-27-28)17-6-10-19(24)11-7-17/h3-14H,1-2H3,(H,26,29). The summed E-state index contributed by atoms with van der Waals surface area (Å²) in [4.78, 5) is 12.6. The first-order valence-electron chi connectivity index (χ1n) is 9.17. The van der Waals surface area contributed by atoms with Crippen molar-refractivity contribution >= 4 is 11.6 Å². The van der Waals surface area contributed by atoms with Gasteiger partial charge in [-0.05, 0) is 79.6 Å². The predicted octanol–water partition coefficient (Wildman–Crippen LogP) is 4.94. The lowest BCUT2D eigenvalue weighted by molar-refractivity contribution is 0.102. The fourth-order valence-electron chi connectivity index (χ4n) is 3.08. The van der Waals surface area contributed by atoms with Crippen molar-refractivity contribution in [1.29, 1.82) is 0 Å². The summed E-state index contributed by atoms with van der Waals surface area (Å²) in [7, 11) is 0. The number of benzene rings is 3. The molecule has 0 fully saturated rings. The van der Waals surface area contributed by atoms with E-state index in [0.29, 0.717) is 5.56 Å². The molecule has 6 heteroatoms. The van der Waals surface area contributed by atoms with Crippen molar-refractivity contribution in [2.75, 3.05) is 5.32 Å². The number of nitrogens with one attached hydrogen (secondary N) is 1. The molecule has 0 radical (unpaired) electrons. The molecule has 1 N–H and O–H groups in total. The lowest BCUT2D eigenvalue weighted by Gasteiger charge is -2.11. The zero-order valence-corrected chi connectivity index (χ0v) is 16.1. The molecule has 0 aliphatic rings. The van der Waals surface area contributed by atoms with Gasteiger partial charge in [-0.15, -0.1) is 5.10 Å². The molecule has 0 aliphatic carbocycles. The van der Waals surface area contributed by atoms with E-state index >= 15 is 0 Å². The van der Waals surface area contributed by atoms with Gasteiger partial charge in [-0.2, -0.15) is 0 Å². The van der Waals surface area contributed by atoms with Crippen LogP contribution in [0.3, 0.4) is 0 Å². The molecule has 0 unspecified atom stereocenters. The molecule has 5 nitrogen and oxygen atoms in total. The lowest BCUT2D eigenvalue weighted by Crippen LogP contribution is -2.13. The number of rotatable bonds is 4. The first-order valence-corrected chi connectivity index (χ1v) is 9.17. The van der Waals surface area contributed by atoms with Gasteiger partial charge in [0, 0.05) is 16.8 Å². The van der Waals surface area contributed by atoms with Crippen molar-refractivity contribution in [3.8, 4) is 16.9 Å². The van der Waals surface area contributed by atoms with Gasteiger partial charge >= 0.3 is 0 Å². The molecule has 144 valence electrons. The molecule has 4 rings (SSSR count). The summed E-state index contributed by atoms with van der Waals surface area (Å²) in [5.41, 5.74) is 5.80. The van der Waals surface area contributed by atoms with Crippen LogP contribution in [0.1, 0.15) is 21.5 Å². The highest BCUT2D eigenvalue weighted by Gasteiger charge is 2.12. The number of carbonyl (C=O) groups excluding carboxylic acids is 1. The average Bonchev–Trinajstić information content (AvgIpc) is 3.22. The van der Waals surface area contributed by atoms with Crippen LogP contribution in [-0.4, -0.2) is 20.9 Å². The maximum atomic E-state index is 13.2. The number of halogens is 1. The van der Waals surface area contributed by atoms with Gasteiger partial charge in [0.05, 0.1) is 17.6 Å². The summed E-state index contributed by atoms with van der Waals surface area (Å²) in [6, 6.07) is 19.1. The highest BCUT2D eigenvalue weighted by Crippen LogP contribution is 2.23. The highest BCUT2D eigenvalue weighted by atomic mass is 19.1. The smallest absolute Gasteiger partial charge is 0.255 e. The predicted molar refractivity (Wildman–Crippen MR) is 111 cm³/mol. The summed E-state index contributed by atoms with van der Waals surface area (Å²) < 4.78 is 14.9. The zero-order chi connectivity index (χ0) is 20.4. The van der Waals surface area contributed by atoms with Gasteiger partial charge in [0.2, 0.25) is 0 Å². The summed E-state index contributed by atoms with van der Waals surface area (Å²) >= 11 is 0. The fraction of sp³-hybridized carbons (Fsp3) is 0.0870. The molecule has 0 bridgehead atoms. The van der Waals surface area contributed by atoms with Gasteiger partial charge in [-0.25, -0.2) is 9.07 Å². The van der Waals surface area contributed by atoms with E-state index in [-0.39, 0.29) is 11.7 Å². The van der Waals surface area contributed by atoms with Gasteiger partial charge in [-0.3, -0.25) is 4.79 Å². The van der Waals surface area contributed by atoms with E-state index in [2.05, 4.69) is 15.6 Å². The Bertz CT molecular complexity index is 1160. The quantitative estimate of drug-likeness (QED) is 0.540. The third kappa shape index (κ3) is 3.78. The third-order valence-corrected chi connectivity index (χ3v) is 4.92. The van der Waals surface area contributed by atoms with E-state index in [1.807, 2.05) is 32.0 Å². The molecule has 0 saturated carbocycles. The Balaban J connectivity index is 1.57. The second-order valence-corrected chi connectivity index (χ2v) is 6.79. The lowest BCUT2D eigenvalue weighted by atomic mass is 10.1. The number of hydrogen-bond acceptors (Lipinski definition) is 3. The van der Waals surface area contributed by atoms with Crippen LogP contribution >= 0.6 is 0 Å². The summed E-state index contributed by atoms with van der Waals surface area (Å²) in [5, 5.41) is 11.0. The number of amides is 1. The molecule has 0 aliphatic heterocycles. The molecule has 1 aromatic heterocycles. The summed E-state index contributed by atoms with van der Waals surface area (Å²) in [6.07, 6.45) is 1.62. The van der Waals surface area contributed by atoms with Crippen molar-refractivity contribution in [2.45, 2.75) is 13.8 Å². The first-order chi connectivity index (χ1) is 14.0. The normalized spacial score (nSPS) is 10.7. The molecule has 0 saturated heterocycles. The number of aryl methyl sites for hydroxylation is 1. The minimum absolute atomic E-state index is 0.178. The molecule has 0 atom stereocenters. The van der Waals surface area contributed by atoms with Crippen molar-refractivity contribution in [1.82, 2.24) is 15.0 Å². The van der Waals surface area contributed by atoms with Crippen LogP contribution in [0.2, 0.25) is 0 Å². The van der Waals surface area contributed by atoms with Crippen molar-refractivity contribution in [3.05, 3.63) is 95.4 Å². The number of anilines is 1. The number of aromatic nitrogens is 3. The molecule has 0 spiro atoms. The van der Waals surface area contributed by atoms with Crippen LogP contribution in [0.25, 0.3) is 16.9 Å². The van der Waals surface area contributed by atoms with Crippen molar-refractivity contribution in [3.63, 3.8) is 0 Å². The molecular weight excluding hydrogens is 367 g/mol. The molecule has 1 heterocycles. The Labute approximate surface area is 167 Å². The van der Waals surface area contributed by atoms with Crippen LogP contribution in [0, 0.1) is 19.7 Å². The Hall–Kier alpha value is -3.80. The second-order valence-electron chi connectivity index (χ2n) is 6.79. The zero-order valence-electron chi connectivity index (χ0n) is 16.1. The summed E-state index contributed by atoms with van der Waals surface area (Å²) in [5.74, 6) is -0.477. The van der Waals surface area contributed by atoms with Gasteiger partial charge < -0.3 is 5.32 Å². The first kappa shape index (κ1) is 18.6. The Kier molecular flexibility index (Phi) is 4.91. The van der Waals surface area contributed by atoms with Crippen molar-refractivity contribution in [2.24, 2.45) is 0 Å². The minimum Gasteiger partial charge on any atom is -0.322 e. The van der Waals surface area contributed by atoms with Gasteiger partial charge in [0.25, 0.3) is 5.91 Å². The maximum absolute atomic E-state index is 13.2. The van der Waals surface area contributed by atoms with E-state index in [9.17, 15) is 9.18 Å². The van der Waals surface area contributed by atoms with Crippen LogP contribution in [0.15, 0.2) is 72.9 Å². The molecule has 1 amide bonds. The Morgan fingerprint density at radius 3 is 2.41 bits per heavy atom. The third-order valence-electron chi connectivity index (χ3n) is 4.92. The van der Waals surface area contributed by atoms with Crippen LogP contribution in [0.4, 0.5) is 10.1 Å². The van der Waals surface area contributed by atoms with Crippen LogP contribution in [0.5, 0.6) is 0 Å². The Morgan fingerprint density at radius 1 is 0.966 bits per heavy atom. The second kappa shape index (κ2) is 7.67. The van der Waals surface area contributed by atoms with E-state index in [1.54, 1.807) is 47.3 Å². The molecule has 4 aromatic rings. The topological polar surface area (TPSA) is 59.8 Å². The van der Waals surface area contributed by atoms with E-state index < -0.39 is 0 Å². The monoisotopic (exact) mass is 386 g/mol. The fourth-order valence-corrected chi connectivity index (χ4v) is 3.08. The number of carbonyl (C=O) groups is 1. The minimum atomic E-state index is -0.299. The molecular formula is C23H19FN4O. The average molecular weight is 386 g/mol. The highest BCUT2D eigenvalue weighted by molar-refractivity contribution is 6.04. The van der Waals surface area contributed by atoms with E-state index in [1.165, 1.54) is 12.1 Å². The SMILES string of the molecule is Cc1cccc(NC(=O)c2ccc(-n3nncc3-c3ccc(F)cc3)cc2)c1C. The maximum Gasteiger partial charge on any atom is 0.255 e. The van der Waals surface area contributed by atoms with Gasteiger partial charge in [0.1, 0.15) is 5.82 Å². The number of hydrogen-bond donors (Lipinski definition) is 1. The van der Waals surface area contributed by atoms with Crippen LogP contribution < -0.4 is 5.32 Å². The van der Waals surface area contributed by atoms with E-state index in [4.69, 9.17) is 0 Å². The molecule has 3 aromatic carbocycles.